The van der Waals surface area contributed by atoms with E-state index >= 15 is 0 Å². The van der Waals surface area contributed by atoms with Crippen LogP contribution < -0.4 is 5.32 Å². The van der Waals surface area contributed by atoms with E-state index in [4.69, 9.17) is 5.11 Å². The van der Waals surface area contributed by atoms with Gasteiger partial charge in [0.15, 0.2) is 0 Å². The Balaban J connectivity index is 2.80. The van der Waals surface area contributed by atoms with Crippen LogP contribution in [0.15, 0.2) is 18.2 Å². The molecule has 1 aromatic rings. The third-order valence-electron chi connectivity index (χ3n) is 2.58. The molecule has 0 bridgehead atoms. The fourth-order valence-electron chi connectivity index (χ4n) is 1.68. The molecule has 0 aliphatic rings. The fourth-order valence-corrected chi connectivity index (χ4v) is 2.26. The number of rotatable bonds is 4. The first-order valence-corrected chi connectivity index (χ1v) is 7.48. The lowest BCUT2D eigenvalue weighted by atomic mass is 10.0. The molecule has 19 heavy (non-hydrogen) atoms. The maximum atomic E-state index is 12.0. The summed E-state index contributed by atoms with van der Waals surface area (Å²) in [5.74, 6) is 6.29. The number of aliphatic hydroxyl groups is 1. The molecule has 1 amide bonds. The minimum atomic E-state index is -0.159. The number of benzene rings is 1. The molecule has 1 unspecified atom stereocenters. The molecule has 0 heterocycles. The molecule has 0 saturated heterocycles. The molecular formula is C15H19NO2S. The van der Waals surface area contributed by atoms with E-state index in [1.54, 1.807) is 17.8 Å². The molecule has 2 N–H and O–H groups in total. The van der Waals surface area contributed by atoms with E-state index < -0.39 is 0 Å². The van der Waals surface area contributed by atoms with Crippen LogP contribution in [0.25, 0.3) is 0 Å². The second-order valence-electron chi connectivity index (χ2n) is 4.32. The maximum absolute atomic E-state index is 12.0. The maximum Gasteiger partial charge on any atom is 0.251 e. The molecule has 1 aromatic carbocycles. The van der Waals surface area contributed by atoms with Gasteiger partial charge in [-0.25, -0.2) is 0 Å². The van der Waals surface area contributed by atoms with E-state index in [9.17, 15) is 4.79 Å². The number of thioether (sulfide) groups is 1. The Morgan fingerprint density at radius 3 is 2.84 bits per heavy atom. The lowest BCUT2D eigenvalue weighted by Gasteiger charge is -2.13. The largest absolute Gasteiger partial charge is 0.384 e. The first-order chi connectivity index (χ1) is 9.08. The highest BCUT2D eigenvalue weighted by Crippen LogP contribution is 2.10. The Hall–Kier alpha value is -1.44. The van der Waals surface area contributed by atoms with Crippen LogP contribution in [-0.4, -0.2) is 35.7 Å². The Morgan fingerprint density at radius 1 is 1.53 bits per heavy atom. The van der Waals surface area contributed by atoms with Crippen molar-refractivity contribution in [1.82, 2.24) is 5.32 Å². The number of aryl methyl sites for hydroxylation is 1. The molecule has 4 heteroatoms. The molecule has 0 radical (unpaired) electrons. The van der Waals surface area contributed by atoms with E-state index in [2.05, 4.69) is 17.2 Å². The molecule has 0 saturated carbocycles. The zero-order valence-electron chi connectivity index (χ0n) is 11.5. The fraction of sp³-hybridized carbons (Fsp3) is 0.400. The molecule has 0 aromatic heterocycles. The normalized spacial score (nSPS) is 11.4. The van der Waals surface area contributed by atoms with Crippen molar-refractivity contribution in [1.29, 1.82) is 0 Å². The standard InChI is InChI=1S/C15H19NO2S/c1-11-9-14(7-6-13(11)5-4-8-17)15(18)16-12(2)10-19-3/h6-7,9,12,17H,8,10H2,1-3H3,(H,16,18). The predicted molar refractivity (Wildman–Crippen MR) is 80.5 cm³/mol. The van der Waals surface area contributed by atoms with Crippen molar-refractivity contribution in [3.63, 3.8) is 0 Å². The summed E-state index contributed by atoms with van der Waals surface area (Å²) in [7, 11) is 0. The van der Waals surface area contributed by atoms with Gasteiger partial charge in [-0.05, 0) is 43.9 Å². The van der Waals surface area contributed by atoms with Gasteiger partial charge in [-0.15, -0.1) is 0 Å². The molecular weight excluding hydrogens is 258 g/mol. The van der Waals surface area contributed by atoms with Crippen molar-refractivity contribution in [3.05, 3.63) is 34.9 Å². The summed E-state index contributed by atoms with van der Waals surface area (Å²) in [6.07, 6.45) is 2.02. The van der Waals surface area contributed by atoms with Crippen molar-refractivity contribution in [2.45, 2.75) is 19.9 Å². The molecule has 1 atom stereocenters. The first kappa shape index (κ1) is 15.6. The van der Waals surface area contributed by atoms with E-state index in [1.807, 2.05) is 32.2 Å². The Bertz CT molecular complexity index is 503. The Labute approximate surface area is 118 Å². The summed E-state index contributed by atoms with van der Waals surface area (Å²) in [6, 6.07) is 5.54. The van der Waals surface area contributed by atoms with Gasteiger partial charge in [0, 0.05) is 22.9 Å². The van der Waals surface area contributed by atoms with Crippen LogP contribution in [0.5, 0.6) is 0 Å². The number of carbonyl (C=O) groups is 1. The van der Waals surface area contributed by atoms with E-state index in [1.165, 1.54) is 0 Å². The second kappa shape index (κ2) is 7.88. The Kier molecular flexibility index (Phi) is 6.48. The van der Waals surface area contributed by atoms with Gasteiger partial charge in [0.2, 0.25) is 0 Å². The van der Waals surface area contributed by atoms with Crippen LogP contribution in [0.2, 0.25) is 0 Å². The SMILES string of the molecule is CSCC(C)NC(=O)c1ccc(C#CCO)c(C)c1. The second-order valence-corrected chi connectivity index (χ2v) is 5.23. The number of nitrogens with one attached hydrogen (secondary N) is 1. The summed E-state index contributed by atoms with van der Waals surface area (Å²) < 4.78 is 0. The number of hydrogen-bond donors (Lipinski definition) is 2. The van der Waals surface area contributed by atoms with Gasteiger partial charge in [-0.2, -0.15) is 11.8 Å². The van der Waals surface area contributed by atoms with E-state index in [0.717, 1.165) is 16.9 Å². The van der Waals surface area contributed by atoms with Crippen molar-refractivity contribution in [3.8, 4) is 11.8 Å². The van der Waals surface area contributed by atoms with E-state index in [0.29, 0.717) is 5.56 Å². The minimum Gasteiger partial charge on any atom is -0.384 e. The molecule has 1 rings (SSSR count). The number of aliphatic hydroxyl groups excluding tert-OH is 1. The number of carbonyl (C=O) groups excluding carboxylic acids is 1. The minimum absolute atomic E-state index is 0.0636. The van der Waals surface area contributed by atoms with Gasteiger partial charge in [0.05, 0.1) is 0 Å². The molecule has 0 spiro atoms. The lowest BCUT2D eigenvalue weighted by Crippen LogP contribution is -2.34. The molecule has 0 aliphatic heterocycles. The average molecular weight is 277 g/mol. The van der Waals surface area contributed by atoms with Crippen LogP contribution >= 0.6 is 11.8 Å². The van der Waals surface area contributed by atoms with Crippen LogP contribution in [0.1, 0.15) is 28.4 Å². The van der Waals surface area contributed by atoms with Crippen LogP contribution in [0.3, 0.4) is 0 Å². The Morgan fingerprint density at radius 2 is 2.26 bits per heavy atom. The van der Waals surface area contributed by atoms with Gasteiger partial charge < -0.3 is 10.4 Å². The summed E-state index contributed by atoms with van der Waals surface area (Å²) in [5.41, 5.74) is 2.41. The number of hydrogen-bond acceptors (Lipinski definition) is 3. The zero-order chi connectivity index (χ0) is 14.3. The summed E-state index contributed by atoms with van der Waals surface area (Å²) in [4.78, 5) is 12.0. The quantitative estimate of drug-likeness (QED) is 0.825. The van der Waals surface area contributed by atoms with Crippen LogP contribution in [0.4, 0.5) is 0 Å². The predicted octanol–water partition coefficient (Wildman–Crippen LogP) is 1.82. The third kappa shape index (κ3) is 4.98. The first-order valence-electron chi connectivity index (χ1n) is 6.08. The highest BCUT2D eigenvalue weighted by atomic mass is 32.2. The molecule has 102 valence electrons. The highest BCUT2D eigenvalue weighted by molar-refractivity contribution is 7.98. The van der Waals surface area contributed by atoms with Crippen molar-refractivity contribution < 1.29 is 9.90 Å². The lowest BCUT2D eigenvalue weighted by molar-refractivity contribution is 0.0943. The average Bonchev–Trinajstić information content (AvgIpc) is 2.37. The summed E-state index contributed by atoms with van der Waals surface area (Å²) in [5, 5.41) is 11.6. The van der Waals surface area contributed by atoms with Gasteiger partial charge in [0.1, 0.15) is 6.61 Å². The van der Waals surface area contributed by atoms with Crippen molar-refractivity contribution in [2.24, 2.45) is 0 Å². The summed E-state index contributed by atoms with van der Waals surface area (Å²) in [6.45, 7) is 3.74. The van der Waals surface area contributed by atoms with Crippen molar-refractivity contribution in [2.75, 3.05) is 18.6 Å². The zero-order valence-corrected chi connectivity index (χ0v) is 12.3. The third-order valence-corrected chi connectivity index (χ3v) is 3.42. The van der Waals surface area contributed by atoms with Gasteiger partial charge in [0.25, 0.3) is 5.91 Å². The van der Waals surface area contributed by atoms with Crippen LogP contribution in [0, 0.1) is 18.8 Å². The smallest absolute Gasteiger partial charge is 0.251 e. The van der Waals surface area contributed by atoms with E-state index in [-0.39, 0.29) is 18.6 Å². The molecule has 0 aliphatic carbocycles. The summed E-state index contributed by atoms with van der Waals surface area (Å²) >= 11 is 1.70. The van der Waals surface area contributed by atoms with Gasteiger partial charge in [-0.3, -0.25) is 4.79 Å². The van der Waals surface area contributed by atoms with Crippen LogP contribution in [-0.2, 0) is 0 Å². The topological polar surface area (TPSA) is 49.3 Å². The monoisotopic (exact) mass is 277 g/mol. The molecule has 3 nitrogen and oxygen atoms in total. The highest BCUT2D eigenvalue weighted by Gasteiger charge is 2.10. The van der Waals surface area contributed by atoms with Gasteiger partial charge in [-0.1, -0.05) is 11.8 Å². The van der Waals surface area contributed by atoms with Crippen molar-refractivity contribution >= 4 is 17.7 Å². The van der Waals surface area contributed by atoms with Gasteiger partial charge >= 0.3 is 0 Å². The molecule has 0 fully saturated rings. The number of amides is 1.